The van der Waals surface area contributed by atoms with Gasteiger partial charge in [-0.1, -0.05) is 251 Å². The number of phosphoric ester groups is 1. The van der Waals surface area contributed by atoms with Gasteiger partial charge in [0.1, 0.15) is 19.3 Å². The number of unbranched alkanes of at least 4 members (excludes halogenated alkanes) is 37. The highest BCUT2D eigenvalue weighted by atomic mass is 31.2. The van der Waals surface area contributed by atoms with Crippen LogP contribution in [0.4, 0.5) is 0 Å². The van der Waals surface area contributed by atoms with Crippen LogP contribution in [0.1, 0.15) is 297 Å². The van der Waals surface area contributed by atoms with Crippen molar-refractivity contribution >= 4 is 19.7 Å². The summed E-state index contributed by atoms with van der Waals surface area (Å²) in [6, 6.07) is -0.886. The van der Waals surface area contributed by atoms with Gasteiger partial charge in [0.2, 0.25) is 5.91 Å². The maximum atomic E-state index is 13.5. The molecule has 0 saturated heterocycles. The van der Waals surface area contributed by atoms with Crippen molar-refractivity contribution in [2.24, 2.45) is 0 Å². The van der Waals surface area contributed by atoms with Crippen LogP contribution < -0.4 is 10.2 Å². The number of nitrogens with one attached hydrogen (secondary N) is 1. The molecule has 10 heteroatoms. The van der Waals surface area contributed by atoms with Gasteiger partial charge < -0.3 is 28.5 Å². The van der Waals surface area contributed by atoms with Gasteiger partial charge in [0, 0.05) is 12.8 Å². The molecule has 0 radical (unpaired) electrons. The Bertz CT molecular complexity index is 1250. The molecule has 0 aromatic heterocycles. The normalized spacial score (nSPS) is 13.9. The summed E-state index contributed by atoms with van der Waals surface area (Å²) >= 11 is 0. The molecule has 0 bridgehead atoms. The molecule has 1 amide bonds. The number of quaternary nitrogens is 1. The Hall–Kier alpha value is -1.51. The van der Waals surface area contributed by atoms with Gasteiger partial charge in [0.05, 0.1) is 33.8 Å². The van der Waals surface area contributed by atoms with Gasteiger partial charge in [0.25, 0.3) is 7.82 Å². The molecule has 0 heterocycles. The van der Waals surface area contributed by atoms with E-state index >= 15 is 0 Å². The average molecular weight is 1010 g/mol. The molecule has 0 saturated carbocycles. The summed E-state index contributed by atoms with van der Waals surface area (Å²) in [6.45, 7) is 6.86. The Kier molecular flexibility index (Phi) is 49.9. The van der Waals surface area contributed by atoms with E-state index in [1.807, 2.05) is 33.3 Å². The first-order valence-corrected chi connectivity index (χ1v) is 31.6. The fraction of sp³-hybridized carbons (Fsp3) is 0.900. The van der Waals surface area contributed by atoms with Crippen LogP contribution in [0.25, 0.3) is 0 Å². The number of phosphoric acid groups is 1. The van der Waals surface area contributed by atoms with Crippen molar-refractivity contribution in [2.45, 2.75) is 309 Å². The highest BCUT2D eigenvalue weighted by molar-refractivity contribution is 7.45. The third-order valence-electron chi connectivity index (χ3n) is 13.6. The summed E-state index contributed by atoms with van der Waals surface area (Å²) in [4.78, 5) is 39.9. The molecule has 3 unspecified atom stereocenters. The number of likely N-dealkylation sites (N-methyl/N-ethyl adjacent to an activating group) is 1. The van der Waals surface area contributed by atoms with Crippen molar-refractivity contribution in [3.05, 3.63) is 24.3 Å². The molecular formula is C60H117N2O7P. The van der Waals surface area contributed by atoms with Crippen molar-refractivity contribution in [2.75, 3.05) is 40.9 Å². The highest BCUT2D eigenvalue weighted by Gasteiger charge is 2.27. The monoisotopic (exact) mass is 1010 g/mol. The lowest BCUT2D eigenvalue weighted by atomic mass is 10.0. The van der Waals surface area contributed by atoms with Crippen LogP contribution in [-0.2, 0) is 27.9 Å². The largest absolute Gasteiger partial charge is 0.756 e. The zero-order valence-electron chi connectivity index (χ0n) is 47.2. The van der Waals surface area contributed by atoms with Crippen molar-refractivity contribution in [1.29, 1.82) is 0 Å². The van der Waals surface area contributed by atoms with Gasteiger partial charge in [0.15, 0.2) is 0 Å². The molecule has 1 N–H and O–H groups in total. The predicted octanol–water partition coefficient (Wildman–Crippen LogP) is 17.5. The minimum atomic E-state index is -4.69. The van der Waals surface area contributed by atoms with Crippen LogP contribution in [0.5, 0.6) is 0 Å². The fourth-order valence-electron chi connectivity index (χ4n) is 8.93. The van der Waals surface area contributed by atoms with Gasteiger partial charge in [-0.05, 0) is 57.4 Å². The van der Waals surface area contributed by atoms with Crippen molar-refractivity contribution in [3.63, 3.8) is 0 Å². The van der Waals surface area contributed by atoms with Crippen molar-refractivity contribution in [1.82, 2.24) is 5.32 Å². The maximum Gasteiger partial charge on any atom is 0.306 e. The van der Waals surface area contributed by atoms with E-state index in [-0.39, 0.29) is 31.5 Å². The Morgan fingerprint density at radius 2 is 0.829 bits per heavy atom. The van der Waals surface area contributed by atoms with Crippen molar-refractivity contribution < 1.29 is 37.3 Å². The van der Waals surface area contributed by atoms with Gasteiger partial charge >= 0.3 is 5.97 Å². The number of rotatable bonds is 55. The SMILES string of the molecule is CCCCCCCCC/C=C/CCCCCCCC(=O)NC(COP(=O)([O-])OCC[N+](C)(C)C)C(/C=C/CCCCCCCCCCC)OC(=O)CCCCCCCCCCCCCCCCCCC. The Morgan fingerprint density at radius 1 is 0.486 bits per heavy atom. The van der Waals surface area contributed by atoms with Crippen LogP contribution in [-0.4, -0.2) is 69.4 Å². The van der Waals surface area contributed by atoms with E-state index in [1.54, 1.807) is 0 Å². The average Bonchev–Trinajstić information content (AvgIpc) is 3.32. The number of hydrogen-bond donors (Lipinski definition) is 1. The van der Waals surface area contributed by atoms with E-state index in [1.165, 1.54) is 186 Å². The molecule has 0 aliphatic carbocycles. The first-order chi connectivity index (χ1) is 33.9. The lowest BCUT2D eigenvalue weighted by molar-refractivity contribution is -0.870. The first-order valence-electron chi connectivity index (χ1n) is 30.1. The van der Waals surface area contributed by atoms with Gasteiger partial charge in [-0.2, -0.15) is 0 Å². The smallest absolute Gasteiger partial charge is 0.306 e. The summed E-state index contributed by atoms with van der Waals surface area (Å²) < 4.78 is 30.3. The van der Waals surface area contributed by atoms with E-state index in [4.69, 9.17) is 13.8 Å². The summed E-state index contributed by atoms with van der Waals surface area (Å²) in [5.74, 6) is -0.537. The third-order valence-corrected chi connectivity index (χ3v) is 14.6. The summed E-state index contributed by atoms with van der Waals surface area (Å²) in [5, 5.41) is 3.02. The summed E-state index contributed by atoms with van der Waals surface area (Å²) in [5.41, 5.74) is 0. The summed E-state index contributed by atoms with van der Waals surface area (Å²) in [7, 11) is 1.19. The highest BCUT2D eigenvalue weighted by Crippen LogP contribution is 2.38. The first kappa shape index (κ1) is 68.5. The maximum absolute atomic E-state index is 13.5. The van der Waals surface area contributed by atoms with Gasteiger partial charge in [-0.15, -0.1) is 0 Å². The van der Waals surface area contributed by atoms with Crippen LogP contribution >= 0.6 is 7.82 Å². The van der Waals surface area contributed by atoms with Gasteiger partial charge in [-0.25, -0.2) is 0 Å². The molecule has 0 aliphatic heterocycles. The Balaban J connectivity index is 5.25. The molecule has 0 rings (SSSR count). The van der Waals surface area contributed by atoms with E-state index in [0.29, 0.717) is 17.4 Å². The quantitative estimate of drug-likeness (QED) is 0.0212. The molecule has 0 aromatic rings. The second-order valence-electron chi connectivity index (χ2n) is 21.9. The second-order valence-corrected chi connectivity index (χ2v) is 23.3. The predicted molar refractivity (Wildman–Crippen MR) is 298 cm³/mol. The van der Waals surface area contributed by atoms with Crippen LogP contribution in [0.2, 0.25) is 0 Å². The summed E-state index contributed by atoms with van der Waals surface area (Å²) in [6.07, 6.45) is 58.5. The minimum Gasteiger partial charge on any atom is -0.756 e. The van der Waals surface area contributed by atoms with Gasteiger partial charge in [-0.3, -0.25) is 14.2 Å². The molecule has 0 aliphatic rings. The van der Waals surface area contributed by atoms with E-state index in [2.05, 4.69) is 38.2 Å². The van der Waals surface area contributed by atoms with E-state index < -0.39 is 20.0 Å². The second kappa shape index (κ2) is 51.0. The number of ether oxygens (including phenoxy) is 1. The lowest BCUT2D eigenvalue weighted by Gasteiger charge is -2.30. The number of esters is 1. The number of nitrogens with zero attached hydrogens (tertiary/aromatic N) is 1. The Labute approximate surface area is 434 Å². The molecule has 3 atom stereocenters. The van der Waals surface area contributed by atoms with Crippen molar-refractivity contribution in [3.8, 4) is 0 Å². The zero-order chi connectivity index (χ0) is 51.5. The standard InChI is InChI=1S/C60H117N2O7P/c1-7-10-13-16-19-22-25-27-29-31-33-35-38-41-44-47-50-53-60(64)69-58(51-48-45-42-39-36-24-21-18-15-12-9-3)57(56-68-70(65,66)67-55-54-62(4,5)6)61-59(63)52-49-46-43-40-37-34-32-30-28-26-23-20-17-14-11-8-2/h30,32,48,51,57-58H,7-29,31,33-47,49-50,52-56H2,1-6H3,(H-,61,63,65,66)/b32-30+,51-48+. The van der Waals surface area contributed by atoms with E-state index in [9.17, 15) is 19.0 Å². The number of amides is 1. The molecule has 414 valence electrons. The fourth-order valence-corrected chi connectivity index (χ4v) is 9.65. The topological polar surface area (TPSA) is 114 Å². The van der Waals surface area contributed by atoms with Crippen LogP contribution in [0.3, 0.4) is 0 Å². The number of carbonyl (C=O) groups excluding carboxylic acids is 2. The molecule has 0 aromatic carbocycles. The third kappa shape index (κ3) is 51.4. The van der Waals surface area contributed by atoms with Crippen LogP contribution in [0, 0.1) is 0 Å². The lowest BCUT2D eigenvalue weighted by Crippen LogP contribution is -2.47. The molecular weight excluding hydrogens is 892 g/mol. The number of allylic oxidation sites excluding steroid dienone is 3. The molecule has 70 heavy (non-hydrogen) atoms. The number of carbonyl (C=O) groups is 2. The minimum absolute atomic E-state index is 0.0206. The Morgan fingerprint density at radius 3 is 1.21 bits per heavy atom. The van der Waals surface area contributed by atoms with Crippen LogP contribution in [0.15, 0.2) is 24.3 Å². The molecule has 0 spiro atoms. The zero-order valence-corrected chi connectivity index (χ0v) is 48.1. The molecule has 0 fully saturated rings. The molecule has 9 nitrogen and oxygen atoms in total. The van der Waals surface area contributed by atoms with E-state index in [0.717, 1.165) is 77.0 Å². The number of hydrogen-bond acceptors (Lipinski definition) is 7.